The molecule has 2 N–H and O–H groups in total. The molecular formula is C17H20N4O3. The fraction of sp³-hybridized carbons (Fsp3) is 0.294. The van der Waals surface area contributed by atoms with E-state index in [0.29, 0.717) is 23.7 Å². The zero-order valence-corrected chi connectivity index (χ0v) is 13.7. The summed E-state index contributed by atoms with van der Waals surface area (Å²) in [6.07, 6.45) is 0.858. The molecular weight excluding hydrogens is 308 g/mol. The molecule has 7 heteroatoms. The van der Waals surface area contributed by atoms with Gasteiger partial charge >= 0.3 is 0 Å². The van der Waals surface area contributed by atoms with Gasteiger partial charge in [0, 0.05) is 31.5 Å². The zero-order chi connectivity index (χ0) is 17.4. The van der Waals surface area contributed by atoms with Gasteiger partial charge in [0.1, 0.15) is 5.82 Å². The number of ether oxygens (including phenoxy) is 1. The Morgan fingerprint density at radius 2 is 1.83 bits per heavy atom. The first-order valence-corrected chi connectivity index (χ1v) is 7.59. The van der Waals surface area contributed by atoms with Crippen molar-refractivity contribution in [2.24, 2.45) is 0 Å². The first kappa shape index (κ1) is 17.6. The molecule has 1 aromatic heterocycles. The second-order valence-electron chi connectivity index (χ2n) is 5.16. The number of Topliss-reactive ketones (excluding diaryl/α,β-unsaturated/α-hetero) is 1. The molecule has 1 amide bonds. The van der Waals surface area contributed by atoms with Crippen molar-refractivity contribution in [2.45, 2.75) is 13.3 Å². The lowest BCUT2D eigenvalue weighted by Crippen LogP contribution is -2.15. The third-order valence-electron chi connectivity index (χ3n) is 3.28. The Hall–Kier alpha value is -2.80. The van der Waals surface area contributed by atoms with Crippen molar-refractivity contribution in [1.29, 1.82) is 0 Å². The molecule has 1 heterocycles. The molecule has 0 unspecified atom stereocenters. The fourth-order valence-corrected chi connectivity index (χ4v) is 1.96. The molecule has 0 aliphatic carbocycles. The van der Waals surface area contributed by atoms with Crippen molar-refractivity contribution >= 4 is 23.2 Å². The molecule has 0 spiro atoms. The lowest BCUT2D eigenvalue weighted by atomic mass is 10.1. The van der Waals surface area contributed by atoms with E-state index in [1.165, 1.54) is 6.92 Å². The largest absolute Gasteiger partial charge is 0.385 e. The number of rotatable bonds is 8. The van der Waals surface area contributed by atoms with Crippen LogP contribution in [0.25, 0.3) is 0 Å². The van der Waals surface area contributed by atoms with E-state index in [1.807, 2.05) is 0 Å². The predicted molar refractivity (Wildman–Crippen MR) is 91.4 cm³/mol. The number of hydrogen-bond donors (Lipinski definition) is 2. The Morgan fingerprint density at radius 3 is 2.42 bits per heavy atom. The van der Waals surface area contributed by atoms with Crippen LogP contribution in [0.2, 0.25) is 0 Å². The molecule has 24 heavy (non-hydrogen) atoms. The van der Waals surface area contributed by atoms with Crippen molar-refractivity contribution in [3.63, 3.8) is 0 Å². The SMILES string of the molecule is COCCCNc1ccc(C(=O)Nc2ccc(C(C)=O)cc2)nn1. The molecule has 0 aliphatic rings. The Bertz CT molecular complexity index is 684. The van der Waals surface area contributed by atoms with E-state index in [-0.39, 0.29) is 17.4 Å². The summed E-state index contributed by atoms with van der Waals surface area (Å²) in [6.45, 7) is 2.88. The Balaban J connectivity index is 1.91. The minimum atomic E-state index is -0.357. The molecule has 7 nitrogen and oxygen atoms in total. The summed E-state index contributed by atoms with van der Waals surface area (Å²) in [6, 6.07) is 9.98. The number of nitrogens with one attached hydrogen (secondary N) is 2. The summed E-state index contributed by atoms with van der Waals surface area (Å²) >= 11 is 0. The Labute approximate surface area is 140 Å². The minimum Gasteiger partial charge on any atom is -0.385 e. The Kier molecular flexibility index (Phi) is 6.39. The number of hydrogen-bond acceptors (Lipinski definition) is 6. The van der Waals surface area contributed by atoms with Crippen LogP contribution >= 0.6 is 0 Å². The lowest BCUT2D eigenvalue weighted by Gasteiger charge is -2.07. The van der Waals surface area contributed by atoms with Crippen molar-refractivity contribution < 1.29 is 14.3 Å². The van der Waals surface area contributed by atoms with Gasteiger partial charge in [-0.05, 0) is 49.7 Å². The number of benzene rings is 1. The number of aromatic nitrogens is 2. The van der Waals surface area contributed by atoms with Crippen LogP contribution < -0.4 is 10.6 Å². The van der Waals surface area contributed by atoms with Crippen LogP contribution in [0.1, 0.15) is 34.2 Å². The second kappa shape index (κ2) is 8.73. The maximum Gasteiger partial charge on any atom is 0.276 e. The van der Waals surface area contributed by atoms with E-state index in [0.717, 1.165) is 13.0 Å². The number of anilines is 2. The molecule has 0 bridgehead atoms. The van der Waals surface area contributed by atoms with Crippen molar-refractivity contribution in [2.75, 3.05) is 30.9 Å². The van der Waals surface area contributed by atoms with Gasteiger partial charge in [-0.25, -0.2) is 0 Å². The third-order valence-corrected chi connectivity index (χ3v) is 3.28. The minimum absolute atomic E-state index is 0.0210. The molecule has 126 valence electrons. The Morgan fingerprint density at radius 1 is 1.08 bits per heavy atom. The molecule has 0 atom stereocenters. The second-order valence-corrected chi connectivity index (χ2v) is 5.16. The molecule has 0 fully saturated rings. The predicted octanol–water partition coefficient (Wildman–Crippen LogP) is 2.38. The maximum absolute atomic E-state index is 12.1. The highest BCUT2D eigenvalue weighted by Gasteiger charge is 2.09. The number of ketones is 1. The maximum atomic E-state index is 12.1. The van der Waals surface area contributed by atoms with Gasteiger partial charge in [-0.1, -0.05) is 0 Å². The molecule has 1 aromatic carbocycles. The number of carbonyl (C=O) groups is 2. The standard InChI is InChI=1S/C17H20N4O3/c1-12(22)13-4-6-14(7-5-13)19-17(23)15-8-9-16(21-20-15)18-10-3-11-24-2/h4-9H,3,10-11H2,1-2H3,(H,18,21)(H,19,23). The van der Waals surface area contributed by atoms with E-state index in [4.69, 9.17) is 4.74 Å². The van der Waals surface area contributed by atoms with Gasteiger partial charge in [-0.15, -0.1) is 10.2 Å². The van der Waals surface area contributed by atoms with Crippen LogP contribution in [0.4, 0.5) is 11.5 Å². The zero-order valence-electron chi connectivity index (χ0n) is 13.7. The monoisotopic (exact) mass is 328 g/mol. The fourth-order valence-electron chi connectivity index (χ4n) is 1.96. The molecule has 0 aliphatic heterocycles. The molecule has 2 aromatic rings. The molecule has 0 radical (unpaired) electrons. The van der Waals surface area contributed by atoms with Gasteiger partial charge in [0.2, 0.25) is 0 Å². The first-order chi connectivity index (χ1) is 11.6. The van der Waals surface area contributed by atoms with Crippen LogP contribution in [0.15, 0.2) is 36.4 Å². The number of methoxy groups -OCH3 is 1. The van der Waals surface area contributed by atoms with Crippen LogP contribution in [-0.4, -0.2) is 42.1 Å². The van der Waals surface area contributed by atoms with Crippen molar-refractivity contribution in [3.05, 3.63) is 47.7 Å². The van der Waals surface area contributed by atoms with Gasteiger partial charge in [0.15, 0.2) is 11.5 Å². The summed E-state index contributed by atoms with van der Waals surface area (Å²) in [5.74, 6) is 0.227. The lowest BCUT2D eigenvalue weighted by molar-refractivity contribution is 0.101. The van der Waals surface area contributed by atoms with Crippen LogP contribution in [0.5, 0.6) is 0 Å². The van der Waals surface area contributed by atoms with E-state index >= 15 is 0 Å². The summed E-state index contributed by atoms with van der Waals surface area (Å²) in [5.41, 5.74) is 1.40. The number of carbonyl (C=O) groups excluding carboxylic acids is 2. The molecule has 2 rings (SSSR count). The summed E-state index contributed by atoms with van der Waals surface area (Å²) in [4.78, 5) is 23.4. The van der Waals surface area contributed by atoms with Crippen LogP contribution in [0.3, 0.4) is 0 Å². The van der Waals surface area contributed by atoms with Gasteiger partial charge in [0.25, 0.3) is 5.91 Å². The van der Waals surface area contributed by atoms with E-state index in [2.05, 4.69) is 20.8 Å². The average molecular weight is 328 g/mol. The van der Waals surface area contributed by atoms with Gasteiger partial charge < -0.3 is 15.4 Å². The van der Waals surface area contributed by atoms with Gasteiger partial charge in [-0.3, -0.25) is 9.59 Å². The third kappa shape index (κ3) is 5.13. The van der Waals surface area contributed by atoms with Crippen LogP contribution in [0, 0.1) is 0 Å². The smallest absolute Gasteiger partial charge is 0.276 e. The topological polar surface area (TPSA) is 93.2 Å². The van der Waals surface area contributed by atoms with E-state index in [1.54, 1.807) is 43.5 Å². The van der Waals surface area contributed by atoms with Crippen molar-refractivity contribution in [1.82, 2.24) is 10.2 Å². The van der Waals surface area contributed by atoms with E-state index < -0.39 is 0 Å². The average Bonchev–Trinajstić information content (AvgIpc) is 2.59. The summed E-state index contributed by atoms with van der Waals surface area (Å²) < 4.78 is 4.96. The number of nitrogens with zero attached hydrogens (tertiary/aromatic N) is 2. The first-order valence-electron chi connectivity index (χ1n) is 7.59. The number of amides is 1. The van der Waals surface area contributed by atoms with Crippen molar-refractivity contribution in [3.8, 4) is 0 Å². The molecule has 0 saturated carbocycles. The summed E-state index contributed by atoms with van der Waals surface area (Å²) in [7, 11) is 1.65. The van der Waals surface area contributed by atoms with Crippen LogP contribution in [-0.2, 0) is 4.74 Å². The quantitative estimate of drug-likeness (QED) is 0.571. The van der Waals surface area contributed by atoms with E-state index in [9.17, 15) is 9.59 Å². The normalized spacial score (nSPS) is 10.2. The molecule has 0 saturated heterocycles. The highest BCUT2D eigenvalue weighted by molar-refractivity contribution is 6.03. The highest BCUT2D eigenvalue weighted by atomic mass is 16.5. The highest BCUT2D eigenvalue weighted by Crippen LogP contribution is 2.11. The summed E-state index contributed by atoms with van der Waals surface area (Å²) in [5, 5.41) is 13.7. The van der Waals surface area contributed by atoms with Gasteiger partial charge in [-0.2, -0.15) is 0 Å². The van der Waals surface area contributed by atoms with Gasteiger partial charge in [0.05, 0.1) is 0 Å².